The van der Waals surface area contributed by atoms with Gasteiger partial charge in [-0.25, -0.2) is 9.18 Å². The van der Waals surface area contributed by atoms with Crippen LogP contribution in [0.3, 0.4) is 0 Å². The first-order valence-electron chi connectivity index (χ1n) is 5.08. The van der Waals surface area contributed by atoms with Crippen molar-refractivity contribution < 1.29 is 18.4 Å². The van der Waals surface area contributed by atoms with Gasteiger partial charge >= 0.3 is 5.97 Å². The van der Waals surface area contributed by atoms with Gasteiger partial charge in [0, 0.05) is 5.02 Å². The molecule has 0 atom stereocenters. The van der Waals surface area contributed by atoms with Gasteiger partial charge in [0.05, 0.1) is 12.2 Å². The molecule has 0 fully saturated rings. The Bertz CT molecular complexity index is 585. The van der Waals surface area contributed by atoms with Gasteiger partial charge in [-0.3, -0.25) is 0 Å². The van der Waals surface area contributed by atoms with E-state index in [9.17, 15) is 9.18 Å². The second-order valence-electron chi connectivity index (χ2n) is 3.27. The zero-order valence-corrected chi connectivity index (χ0v) is 10.1. The summed E-state index contributed by atoms with van der Waals surface area (Å²) >= 11 is 5.74. The number of carbonyl (C=O) groups is 1. The summed E-state index contributed by atoms with van der Waals surface area (Å²) in [5.74, 6) is -1.68. The lowest BCUT2D eigenvalue weighted by Crippen LogP contribution is -2.06. The standard InChI is InChI=1S/C11H8ClFN2O3/c1-2-17-11(16)9-14-10(18-15-9)7-5-6(12)3-4-8(7)13/h3-5H,2H2,1H3. The number of aromatic nitrogens is 2. The Kier molecular flexibility index (Phi) is 3.57. The maximum absolute atomic E-state index is 13.5. The van der Waals surface area contributed by atoms with Crippen LogP contribution in [0.1, 0.15) is 17.5 Å². The zero-order chi connectivity index (χ0) is 13.1. The quantitative estimate of drug-likeness (QED) is 0.802. The summed E-state index contributed by atoms with van der Waals surface area (Å²) in [6.07, 6.45) is 0. The molecule has 2 aromatic rings. The molecule has 0 amide bonds. The summed E-state index contributed by atoms with van der Waals surface area (Å²) in [4.78, 5) is 15.1. The minimum Gasteiger partial charge on any atom is -0.460 e. The fourth-order valence-electron chi connectivity index (χ4n) is 1.27. The summed E-state index contributed by atoms with van der Waals surface area (Å²) < 4.78 is 23.0. The highest BCUT2D eigenvalue weighted by atomic mass is 35.5. The number of nitrogens with zero attached hydrogens (tertiary/aromatic N) is 2. The highest BCUT2D eigenvalue weighted by molar-refractivity contribution is 6.30. The Balaban J connectivity index is 2.35. The number of hydrogen-bond donors (Lipinski definition) is 0. The summed E-state index contributed by atoms with van der Waals surface area (Å²) in [6, 6.07) is 3.90. The highest BCUT2D eigenvalue weighted by Gasteiger charge is 2.18. The molecule has 2 rings (SSSR count). The predicted octanol–water partition coefficient (Wildman–Crippen LogP) is 2.71. The molecule has 18 heavy (non-hydrogen) atoms. The van der Waals surface area contributed by atoms with Crippen molar-refractivity contribution in [2.45, 2.75) is 6.92 Å². The van der Waals surface area contributed by atoms with Gasteiger partial charge in [0.1, 0.15) is 5.82 Å². The van der Waals surface area contributed by atoms with Crippen molar-refractivity contribution in [2.24, 2.45) is 0 Å². The molecule has 1 aromatic heterocycles. The molecule has 0 aliphatic carbocycles. The molecule has 94 valence electrons. The molecule has 0 spiro atoms. The molecule has 1 aromatic carbocycles. The van der Waals surface area contributed by atoms with Crippen molar-refractivity contribution in [3.63, 3.8) is 0 Å². The van der Waals surface area contributed by atoms with E-state index in [1.807, 2.05) is 0 Å². The molecule has 1 heterocycles. The number of ether oxygens (including phenoxy) is 1. The van der Waals surface area contributed by atoms with Crippen molar-refractivity contribution in [3.8, 4) is 11.5 Å². The Morgan fingerprint density at radius 3 is 3.06 bits per heavy atom. The third kappa shape index (κ3) is 2.48. The van der Waals surface area contributed by atoms with E-state index >= 15 is 0 Å². The molecule has 0 bridgehead atoms. The minimum absolute atomic E-state index is 0.0329. The Hall–Kier alpha value is -1.95. The number of carbonyl (C=O) groups excluding carboxylic acids is 1. The van der Waals surface area contributed by atoms with Crippen LogP contribution >= 0.6 is 11.6 Å². The molecule has 0 saturated heterocycles. The van der Waals surface area contributed by atoms with Gasteiger partial charge in [-0.1, -0.05) is 11.6 Å². The van der Waals surface area contributed by atoms with E-state index in [2.05, 4.69) is 14.9 Å². The van der Waals surface area contributed by atoms with Gasteiger partial charge in [-0.15, -0.1) is 0 Å². The monoisotopic (exact) mass is 270 g/mol. The topological polar surface area (TPSA) is 65.2 Å². The van der Waals surface area contributed by atoms with Gasteiger partial charge < -0.3 is 9.26 Å². The Morgan fingerprint density at radius 2 is 2.33 bits per heavy atom. The molecule has 0 N–H and O–H groups in total. The van der Waals surface area contributed by atoms with E-state index in [4.69, 9.17) is 16.1 Å². The van der Waals surface area contributed by atoms with E-state index in [1.54, 1.807) is 6.92 Å². The summed E-state index contributed by atoms with van der Waals surface area (Å²) in [7, 11) is 0. The third-order valence-electron chi connectivity index (χ3n) is 2.04. The second kappa shape index (κ2) is 5.14. The van der Waals surface area contributed by atoms with Crippen LogP contribution in [0.5, 0.6) is 0 Å². The molecule has 0 radical (unpaired) electrons. The van der Waals surface area contributed by atoms with E-state index in [-0.39, 0.29) is 23.9 Å². The highest BCUT2D eigenvalue weighted by Crippen LogP contribution is 2.24. The van der Waals surface area contributed by atoms with Gasteiger partial charge in [-0.2, -0.15) is 4.98 Å². The summed E-state index contributed by atoms with van der Waals surface area (Å²) in [5, 5.41) is 3.73. The Labute approximate surface area is 107 Å². The Morgan fingerprint density at radius 1 is 1.56 bits per heavy atom. The first-order valence-corrected chi connectivity index (χ1v) is 5.46. The van der Waals surface area contributed by atoms with Crippen LogP contribution in [0.25, 0.3) is 11.5 Å². The number of benzene rings is 1. The van der Waals surface area contributed by atoms with Crippen LogP contribution in [0, 0.1) is 5.82 Å². The molecule has 0 saturated carbocycles. The van der Waals surface area contributed by atoms with Crippen LogP contribution < -0.4 is 0 Å². The van der Waals surface area contributed by atoms with Crippen LogP contribution in [0.4, 0.5) is 4.39 Å². The summed E-state index contributed by atoms with van der Waals surface area (Å²) in [6.45, 7) is 1.84. The number of esters is 1. The first-order chi connectivity index (χ1) is 8.61. The van der Waals surface area contributed by atoms with Gasteiger partial charge in [0.2, 0.25) is 0 Å². The van der Waals surface area contributed by atoms with Crippen LogP contribution in [0.2, 0.25) is 5.02 Å². The lowest BCUT2D eigenvalue weighted by molar-refractivity contribution is 0.0508. The van der Waals surface area contributed by atoms with E-state index in [0.717, 1.165) is 0 Å². The zero-order valence-electron chi connectivity index (χ0n) is 9.31. The molecule has 7 heteroatoms. The molecule has 0 unspecified atom stereocenters. The smallest absolute Gasteiger partial charge is 0.379 e. The SMILES string of the molecule is CCOC(=O)c1noc(-c2cc(Cl)ccc2F)n1. The molecular formula is C11H8ClFN2O3. The normalized spacial score (nSPS) is 10.4. The molecular weight excluding hydrogens is 263 g/mol. The fourth-order valence-corrected chi connectivity index (χ4v) is 1.44. The maximum atomic E-state index is 13.5. The molecule has 0 aliphatic heterocycles. The largest absolute Gasteiger partial charge is 0.460 e. The van der Waals surface area contributed by atoms with Gasteiger partial charge in [0.15, 0.2) is 0 Å². The second-order valence-corrected chi connectivity index (χ2v) is 3.70. The first kappa shape index (κ1) is 12.5. The van der Waals surface area contributed by atoms with E-state index < -0.39 is 11.8 Å². The minimum atomic E-state index is -0.727. The lowest BCUT2D eigenvalue weighted by Gasteiger charge is -1.97. The number of hydrogen-bond acceptors (Lipinski definition) is 5. The summed E-state index contributed by atoms with van der Waals surface area (Å²) in [5.41, 5.74) is 0.0329. The van der Waals surface area contributed by atoms with Crippen molar-refractivity contribution in [1.29, 1.82) is 0 Å². The fraction of sp³-hybridized carbons (Fsp3) is 0.182. The van der Waals surface area contributed by atoms with Crippen molar-refractivity contribution >= 4 is 17.6 Å². The van der Waals surface area contributed by atoms with Crippen molar-refractivity contribution in [1.82, 2.24) is 10.1 Å². The van der Waals surface area contributed by atoms with Crippen LogP contribution in [-0.4, -0.2) is 22.7 Å². The van der Waals surface area contributed by atoms with Gasteiger partial charge in [0.25, 0.3) is 11.7 Å². The van der Waals surface area contributed by atoms with Gasteiger partial charge in [-0.05, 0) is 30.3 Å². The van der Waals surface area contributed by atoms with Crippen molar-refractivity contribution in [2.75, 3.05) is 6.61 Å². The van der Waals surface area contributed by atoms with Crippen molar-refractivity contribution in [3.05, 3.63) is 34.9 Å². The van der Waals surface area contributed by atoms with Crippen LogP contribution in [-0.2, 0) is 4.74 Å². The number of halogens is 2. The average Bonchev–Trinajstić information content (AvgIpc) is 2.82. The maximum Gasteiger partial charge on any atom is 0.379 e. The molecule has 5 nitrogen and oxygen atoms in total. The predicted molar refractivity (Wildman–Crippen MR) is 60.7 cm³/mol. The van der Waals surface area contributed by atoms with E-state index in [1.165, 1.54) is 18.2 Å². The van der Waals surface area contributed by atoms with Crippen LogP contribution in [0.15, 0.2) is 22.7 Å². The average molecular weight is 271 g/mol. The number of rotatable bonds is 3. The van der Waals surface area contributed by atoms with E-state index in [0.29, 0.717) is 5.02 Å². The molecule has 0 aliphatic rings. The lowest BCUT2D eigenvalue weighted by atomic mass is 10.2. The third-order valence-corrected chi connectivity index (χ3v) is 2.28.